The van der Waals surface area contributed by atoms with Crippen LogP contribution < -0.4 is 16.0 Å². The molecule has 14 nitrogen and oxygen atoms in total. The van der Waals surface area contributed by atoms with Crippen LogP contribution in [0.5, 0.6) is 0 Å². The number of rotatable bonds is 12. The van der Waals surface area contributed by atoms with E-state index >= 15 is 0 Å². The molecule has 3 aliphatic rings. The van der Waals surface area contributed by atoms with Crippen molar-refractivity contribution in [2.75, 3.05) is 13.1 Å². The summed E-state index contributed by atoms with van der Waals surface area (Å²) in [5.74, 6) is -1.35. The molecular formula is C40H41ClN8O6S. The second-order valence-corrected chi connectivity index (χ2v) is 15.8. The predicted molar refractivity (Wildman–Crippen MR) is 209 cm³/mol. The van der Waals surface area contributed by atoms with Gasteiger partial charge in [0.1, 0.15) is 22.9 Å². The molecule has 3 N–H and O–H groups in total. The highest BCUT2D eigenvalue weighted by atomic mass is 35.5. The number of benzene rings is 2. The Hall–Kier alpha value is -5.54. The number of nitrogens with one attached hydrogen (secondary N) is 3. The van der Waals surface area contributed by atoms with Crippen LogP contribution in [0.3, 0.4) is 0 Å². The van der Waals surface area contributed by atoms with Crippen molar-refractivity contribution in [2.45, 2.75) is 84.2 Å². The average Bonchev–Trinajstić information content (AvgIpc) is 3.69. The second kappa shape index (κ2) is 16.3. The Balaban J connectivity index is 0.906. The zero-order valence-electron chi connectivity index (χ0n) is 31.2. The molecule has 56 heavy (non-hydrogen) atoms. The molecule has 2 aromatic heterocycles. The van der Waals surface area contributed by atoms with Crippen molar-refractivity contribution in [3.8, 4) is 5.00 Å². The van der Waals surface area contributed by atoms with Crippen molar-refractivity contribution in [3.05, 3.63) is 97.4 Å². The number of nitrogens with zero attached hydrogens (tertiary/aromatic N) is 5. The maximum atomic E-state index is 13.4. The Labute approximate surface area is 332 Å². The van der Waals surface area contributed by atoms with Crippen molar-refractivity contribution >= 4 is 64.1 Å². The van der Waals surface area contributed by atoms with Crippen LogP contribution in [0, 0.1) is 20.8 Å². The number of aliphatic imine (C=N–C) groups is 1. The fourth-order valence-corrected chi connectivity index (χ4v) is 8.74. The summed E-state index contributed by atoms with van der Waals surface area (Å²) >= 11 is 7.86. The number of thiophene rings is 1. The van der Waals surface area contributed by atoms with Crippen LogP contribution in [-0.2, 0) is 25.6 Å². The van der Waals surface area contributed by atoms with Crippen molar-refractivity contribution in [1.82, 2.24) is 35.6 Å². The molecule has 2 atom stereocenters. The van der Waals surface area contributed by atoms with E-state index in [1.165, 1.54) is 6.07 Å². The van der Waals surface area contributed by atoms with Crippen molar-refractivity contribution in [3.63, 3.8) is 0 Å². The molecule has 0 radical (unpaired) electrons. The maximum absolute atomic E-state index is 13.4. The van der Waals surface area contributed by atoms with Gasteiger partial charge in [-0.3, -0.25) is 48.5 Å². The van der Waals surface area contributed by atoms with Gasteiger partial charge in [-0.15, -0.1) is 21.5 Å². The van der Waals surface area contributed by atoms with E-state index in [9.17, 15) is 28.8 Å². The number of aromatic nitrogens is 3. The van der Waals surface area contributed by atoms with Gasteiger partial charge in [0.05, 0.1) is 23.3 Å². The number of aryl methyl sites for hydroxylation is 3. The molecule has 6 amide bonds. The molecular weight excluding hydrogens is 756 g/mol. The molecule has 7 rings (SSSR count). The number of halogens is 1. The molecule has 0 spiro atoms. The van der Waals surface area contributed by atoms with Gasteiger partial charge in [0.2, 0.25) is 23.6 Å². The highest BCUT2D eigenvalue weighted by Crippen LogP contribution is 2.39. The van der Waals surface area contributed by atoms with Crippen molar-refractivity contribution < 1.29 is 28.8 Å². The lowest BCUT2D eigenvalue weighted by Gasteiger charge is -2.23. The fraction of sp³-hybridized carbons (Fsp3) is 0.375. The number of hydrogen-bond acceptors (Lipinski definition) is 10. The molecule has 16 heteroatoms. The summed E-state index contributed by atoms with van der Waals surface area (Å²) in [5, 5.41) is 18.5. The Bertz CT molecular complexity index is 2300. The molecule has 0 saturated carbocycles. The molecule has 2 aromatic carbocycles. The van der Waals surface area contributed by atoms with Crippen LogP contribution in [0.15, 0.2) is 47.5 Å². The molecule has 3 aliphatic heterocycles. The molecule has 5 heterocycles. The lowest BCUT2D eigenvalue weighted by atomic mass is 9.99. The number of carbonyl (C=O) groups is 6. The number of hydrogen-bond donors (Lipinski definition) is 3. The number of fused-ring (bicyclic) bond motifs is 4. The fourth-order valence-electron chi connectivity index (χ4n) is 7.40. The minimum atomic E-state index is -1.07. The Morgan fingerprint density at radius 1 is 0.929 bits per heavy atom. The third-order valence-electron chi connectivity index (χ3n) is 10.4. The van der Waals surface area contributed by atoms with Crippen molar-refractivity contribution in [2.24, 2.45) is 4.99 Å². The first-order valence-electron chi connectivity index (χ1n) is 18.7. The van der Waals surface area contributed by atoms with Gasteiger partial charge in [-0.1, -0.05) is 35.9 Å². The van der Waals surface area contributed by atoms with E-state index in [4.69, 9.17) is 16.6 Å². The zero-order chi connectivity index (χ0) is 39.7. The summed E-state index contributed by atoms with van der Waals surface area (Å²) in [4.78, 5) is 84.4. The summed E-state index contributed by atoms with van der Waals surface area (Å²) in [6.45, 7) is 6.84. The quantitative estimate of drug-likeness (QED) is 0.137. The van der Waals surface area contributed by atoms with Crippen molar-refractivity contribution in [1.29, 1.82) is 0 Å². The van der Waals surface area contributed by atoms with Crippen LogP contribution in [0.4, 0.5) is 0 Å². The number of carbonyl (C=O) groups excluding carboxylic acids is 6. The molecule has 0 aliphatic carbocycles. The van der Waals surface area contributed by atoms with Gasteiger partial charge in [0.25, 0.3) is 11.8 Å². The SMILES string of the molecule is Cc1sc2c(c1C)C(c1ccc(Cl)cc1)=NC(CC(=O)NCCCCNC(=O)CCc1cccc3c1C(=O)N([C@H]1CCCC(=O)NC1=O)C3=O)c1nnc(C)n1-2. The van der Waals surface area contributed by atoms with E-state index in [2.05, 4.69) is 40.0 Å². The van der Waals surface area contributed by atoms with Gasteiger partial charge in [-0.25, -0.2) is 0 Å². The average molecular weight is 797 g/mol. The Kier molecular flexibility index (Phi) is 11.3. The Morgan fingerprint density at radius 2 is 1.66 bits per heavy atom. The van der Waals surface area contributed by atoms with Gasteiger partial charge >= 0.3 is 0 Å². The first-order valence-corrected chi connectivity index (χ1v) is 19.9. The molecule has 0 bridgehead atoms. The molecule has 1 unspecified atom stereocenters. The van der Waals surface area contributed by atoms with Crippen LogP contribution in [-0.4, -0.2) is 80.0 Å². The van der Waals surface area contributed by atoms with E-state index in [-0.39, 0.29) is 55.0 Å². The highest BCUT2D eigenvalue weighted by Gasteiger charge is 2.44. The predicted octanol–water partition coefficient (Wildman–Crippen LogP) is 4.63. The molecule has 290 valence electrons. The standard InChI is InChI=1S/C40H41ClN8O6S/c1-21-22(2)56-40-33(21)35(25-12-15-26(41)16-13-25)44-28(36-47-46-23(3)48(36)40)20-32(52)43-19-5-4-18-42-30(50)17-14-24-8-6-9-27-34(24)39(55)49(38(27)54)29-10-7-11-31(51)45-37(29)53/h6,8-9,12-13,15-16,28-29H,4-5,7,10-11,14,17-20H2,1-3H3,(H,42,50)(H,43,52)(H,45,51,53)/t28?,29-/m0/s1. The van der Waals surface area contributed by atoms with Gasteiger partial charge in [0.15, 0.2) is 5.82 Å². The summed E-state index contributed by atoms with van der Waals surface area (Å²) < 4.78 is 2.01. The van der Waals surface area contributed by atoms with E-state index in [1.807, 2.05) is 35.8 Å². The second-order valence-electron chi connectivity index (χ2n) is 14.2. The van der Waals surface area contributed by atoms with E-state index in [0.29, 0.717) is 54.6 Å². The zero-order valence-corrected chi connectivity index (χ0v) is 32.8. The summed E-state index contributed by atoms with van der Waals surface area (Å²) in [7, 11) is 0. The number of amides is 6. The van der Waals surface area contributed by atoms with Crippen LogP contribution in [0.25, 0.3) is 5.00 Å². The minimum absolute atomic E-state index is 0.0709. The van der Waals surface area contributed by atoms with E-state index in [1.54, 1.807) is 23.5 Å². The summed E-state index contributed by atoms with van der Waals surface area (Å²) in [6, 6.07) is 10.8. The normalized spacial score (nSPS) is 17.7. The molecule has 1 fully saturated rings. The van der Waals surface area contributed by atoms with E-state index < -0.39 is 35.7 Å². The smallest absolute Gasteiger partial charge is 0.262 e. The first kappa shape index (κ1) is 38.7. The number of imide groups is 2. The molecule has 1 saturated heterocycles. The lowest BCUT2D eigenvalue weighted by molar-refractivity contribution is -0.131. The van der Waals surface area contributed by atoms with Gasteiger partial charge in [-0.05, 0) is 82.2 Å². The van der Waals surface area contributed by atoms with E-state index in [0.717, 1.165) is 37.2 Å². The van der Waals surface area contributed by atoms with Gasteiger partial charge < -0.3 is 10.6 Å². The summed E-state index contributed by atoms with van der Waals surface area (Å²) in [5.41, 5.74) is 4.69. The number of unbranched alkanes of at least 4 members (excludes halogenated alkanes) is 1. The molecule has 4 aromatic rings. The van der Waals surface area contributed by atoms with Crippen LogP contribution >= 0.6 is 22.9 Å². The van der Waals surface area contributed by atoms with Gasteiger partial charge in [0, 0.05) is 47.0 Å². The maximum Gasteiger partial charge on any atom is 0.262 e. The third-order valence-corrected chi connectivity index (χ3v) is 11.8. The van der Waals surface area contributed by atoms with Gasteiger partial charge in [-0.2, -0.15) is 0 Å². The summed E-state index contributed by atoms with van der Waals surface area (Å²) in [6.07, 6.45) is 2.34. The van der Waals surface area contributed by atoms with Crippen LogP contribution in [0.1, 0.15) is 110 Å². The van der Waals surface area contributed by atoms with Crippen LogP contribution in [0.2, 0.25) is 5.02 Å². The largest absolute Gasteiger partial charge is 0.356 e. The third kappa shape index (κ3) is 7.65. The Morgan fingerprint density at radius 3 is 2.41 bits per heavy atom. The topological polar surface area (TPSA) is 185 Å². The monoisotopic (exact) mass is 796 g/mol. The lowest BCUT2D eigenvalue weighted by Crippen LogP contribution is -2.49. The minimum Gasteiger partial charge on any atom is -0.356 e. The highest BCUT2D eigenvalue weighted by molar-refractivity contribution is 7.15. The first-order chi connectivity index (χ1) is 26.9.